The first-order valence-electron chi connectivity index (χ1n) is 4.02. The van der Waals surface area contributed by atoms with Gasteiger partial charge in [0.15, 0.2) is 4.67 Å². The van der Waals surface area contributed by atoms with Crippen LogP contribution in [0.1, 0.15) is 24.7 Å². The molecule has 0 saturated heterocycles. The maximum Gasteiger partial charge on any atom is 0.169 e. The molecule has 0 spiro atoms. The van der Waals surface area contributed by atoms with Gasteiger partial charge in [0.1, 0.15) is 11.9 Å². The van der Waals surface area contributed by atoms with Crippen LogP contribution in [0.15, 0.2) is 21.2 Å². The molecule has 0 amide bonds. The maximum atomic E-state index is 9.79. The number of hydrogen-bond acceptors (Lipinski definition) is 3. The molecule has 1 fully saturated rings. The van der Waals surface area contributed by atoms with Gasteiger partial charge in [-0.25, -0.2) is 0 Å². The Morgan fingerprint density at radius 1 is 1.62 bits per heavy atom. The van der Waals surface area contributed by atoms with Crippen LogP contribution in [0.25, 0.3) is 0 Å². The van der Waals surface area contributed by atoms with Crippen molar-refractivity contribution >= 4 is 15.9 Å². The normalized spacial score (nSPS) is 20.7. The van der Waals surface area contributed by atoms with Crippen LogP contribution < -0.4 is 0 Å². The molecule has 1 N–H and O–H groups in total. The molecule has 68 valence electrons. The van der Waals surface area contributed by atoms with Gasteiger partial charge in [0.25, 0.3) is 0 Å². The highest BCUT2D eigenvalue weighted by Crippen LogP contribution is 2.54. The van der Waals surface area contributed by atoms with Gasteiger partial charge in [-0.2, -0.15) is 5.26 Å². The van der Waals surface area contributed by atoms with Crippen molar-refractivity contribution in [1.82, 2.24) is 0 Å². The van der Waals surface area contributed by atoms with Crippen molar-refractivity contribution < 1.29 is 9.52 Å². The van der Waals surface area contributed by atoms with E-state index in [1.165, 1.54) is 0 Å². The standard InChI is InChI=1S/C9H8BrNO2/c10-7-2-1-6(13-7)8(12)9(5-11)3-4-9/h1-2,8,12H,3-4H2. The number of furan rings is 1. The zero-order valence-electron chi connectivity index (χ0n) is 6.83. The first-order chi connectivity index (χ1) is 6.18. The molecule has 1 aliphatic rings. The van der Waals surface area contributed by atoms with Gasteiger partial charge in [-0.1, -0.05) is 0 Å². The Hall–Kier alpha value is -0.790. The predicted molar refractivity (Wildman–Crippen MR) is 48.6 cm³/mol. The molecular weight excluding hydrogens is 234 g/mol. The molecule has 2 rings (SSSR count). The van der Waals surface area contributed by atoms with E-state index >= 15 is 0 Å². The van der Waals surface area contributed by atoms with E-state index < -0.39 is 11.5 Å². The Bertz CT molecular complexity index is 362. The number of nitriles is 1. The van der Waals surface area contributed by atoms with Crippen molar-refractivity contribution in [3.8, 4) is 6.07 Å². The first kappa shape index (κ1) is 8.79. The third-order valence-corrected chi connectivity index (χ3v) is 2.82. The van der Waals surface area contributed by atoms with Crippen molar-refractivity contribution in [3.05, 3.63) is 22.6 Å². The summed E-state index contributed by atoms with van der Waals surface area (Å²) in [6, 6.07) is 5.54. The summed E-state index contributed by atoms with van der Waals surface area (Å²) in [5.41, 5.74) is -0.586. The first-order valence-corrected chi connectivity index (χ1v) is 4.82. The van der Waals surface area contributed by atoms with Gasteiger partial charge in [-0.15, -0.1) is 0 Å². The third-order valence-electron chi connectivity index (χ3n) is 2.40. The Morgan fingerprint density at radius 2 is 2.31 bits per heavy atom. The van der Waals surface area contributed by atoms with Gasteiger partial charge >= 0.3 is 0 Å². The van der Waals surface area contributed by atoms with Gasteiger partial charge in [0, 0.05) is 0 Å². The lowest BCUT2D eigenvalue weighted by Gasteiger charge is -2.11. The third kappa shape index (κ3) is 1.38. The summed E-state index contributed by atoms with van der Waals surface area (Å²) in [7, 11) is 0. The van der Waals surface area contributed by atoms with E-state index in [9.17, 15) is 5.11 Å². The van der Waals surface area contributed by atoms with Crippen molar-refractivity contribution in [1.29, 1.82) is 5.26 Å². The van der Waals surface area contributed by atoms with Crippen molar-refractivity contribution in [3.63, 3.8) is 0 Å². The lowest BCUT2D eigenvalue weighted by Crippen LogP contribution is -2.10. The Morgan fingerprint density at radius 3 is 2.69 bits per heavy atom. The van der Waals surface area contributed by atoms with Crippen LogP contribution in [-0.4, -0.2) is 5.11 Å². The zero-order chi connectivity index (χ0) is 9.47. The molecule has 1 heterocycles. The van der Waals surface area contributed by atoms with Crippen LogP contribution in [0.4, 0.5) is 0 Å². The van der Waals surface area contributed by atoms with Crippen LogP contribution in [0, 0.1) is 16.7 Å². The summed E-state index contributed by atoms with van der Waals surface area (Å²) in [6.07, 6.45) is 0.718. The molecule has 0 aliphatic heterocycles. The second-order valence-corrected chi connectivity index (χ2v) is 4.09. The van der Waals surface area contributed by atoms with E-state index in [1.54, 1.807) is 12.1 Å². The fraction of sp³-hybridized carbons (Fsp3) is 0.444. The van der Waals surface area contributed by atoms with Crippen LogP contribution in [0.3, 0.4) is 0 Å². The summed E-state index contributed by atoms with van der Waals surface area (Å²) >= 11 is 3.15. The summed E-state index contributed by atoms with van der Waals surface area (Å²) in [4.78, 5) is 0. The quantitative estimate of drug-likeness (QED) is 0.866. The number of aliphatic hydroxyl groups is 1. The van der Waals surface area contributed by atoms with Gasteiger partial charge in [0.2, 0.25) is 0 Å². The highest BCUT2D eigenvalue weighted by atomic mass is 79.9. The second-order valence-electron chi connectivity index (χ2n) is 3.31. The van der Waals surface area contributed by atoms with Crippen molar-refractivity contribution in [2.45, 2.75) is 18.9 Å². The van der Waals surface area contributed by atoms with E-state index in [1.807, 2.05) is 0 Å². The SMILES string of the molecule is N#CC1(C(O)c2ccc(Br)o2)CC1. The molecule has 4 heteroatoms. The Labute approximate surface area is 84.1 Å². The average molecular weight is 242 g/mol. The van der Waals surface area contributed by atoms with Gasteiger partial charge < -0.3 is 9.52 Å². The molecule has 1 aliphatic carbocycles. The molecule has 0 radical (unpaired) electrons. The van der Waals surface area contributed by atoms with E-state index in [-0.39, 0.29) is 0 Å². The molecule has 1 aromatic rings. The number of rotatable bonds is 2. The number of aliphatic hydroxyl groups excluding tert-OH is 1. The largest absolute Gasteiger partial charge is 0.452 e. The summed E-state index contributed by atoms with van der Waals surface area (Å²) in [6.45, 7) is 0. The van der Waals surface area contributed by atoms with Crippen molar-refractivity contribution in [2.24, 2.45) is 5.41 Å². The highest BCUT2D eigenvalue weighted by molar-refractivity contribution is 9.10. The molecule has 3 nitrogen and oxygen atoms in total. The van der Waals surface area contributed by atoms with Crippen LogP contribution in [-0.2, 0) is 0 Å². The average Bonchev–Trinajstić information content (AvgIpc) is 2.82. The number of nitrogens with zero attached hydrogens (tertiary/aromatic N) is 1. The molecule has 1 atom stereocenters. The molecule has 13 heavy (non-hydrogen) atoms. The van der Waals surface area contributed by atoms with Crippen LogP contribution in [0.5, 0.6) is 0 Å². The van der Waals surface area contributed by atoms with Gasteiger partial charge in [-0.05, 0) is 40.9 Å². The highest BCUT2D eigenvalue weighted by Gasteiger charge is 2.51. The minimum absolute atomic E-state index is 0.464. The topological polar surface area (TPSA) is 57.2 Å². The summed E-state index contributed by atoms with van der Waals surface area (Å²) < 4.78 is 5.77. The molecule has 1 aromatic heterocycles. The Kier molecular flexibility index (Phi) is 1.94. The monoisotopic (exact) mass is 241 g/mol. The van der Waals surface area contributed by atoms with Crippen LogP contribution in [0.2, 0.25) is 0 Å². The van der Waals surface area contributed by atoms with Gasteiger partial charge in [-0.3, -0.25) is 0 Å². The van der Waals surface area contributed by atoms with E-state index in [0.29, 0.717) is 10.4 Å². The second kappa shape index (κ2) is 2.86. The molecule has 0 bridgehead atoms. The maximum absolute atomic E-state index is 9.79. The fourth-order valence-electron chi connectivity index (χ4n) is 1.33. The smallest absolute Gasteiger partial charge is 0.169 e. The molecule has 0 aromatic carbocycles. The van der Waals surface area contributed by atoms with E-state index in [0.717, 1.165) is 12.8 Å². The van der Waals surface area contributed by atoms with E-state index in [4.69, 9.17) is 9.68 Å². The van der Waals surface area contributed by atoms with E-state index in [2.05, 4.69) is 22.0 Å². The molecule has 1 unspecified atom stereocenters. The summed E-state index contributed by atoms with van der Waals surface area (Å²) in [5, 5.41) is 18.6. The lowest BCUT2D eigenvalue weighted by atomic mass is 9.99. The molecular formula is C9H8BrNO2. The number of halogens is 1. The minimum atomic E-state index is -0.788. The number of hydrogen-bond donors (Lipinski definition) is 1. The van der Waals surface area contributed by atoms with Gasteiger partial charge in [0.05, 0.1) is 11.5 Å². The zero-order valence-corrected chi connectivity index (χ0v) is 8.41. The van der Waals surface area contributed by atoms with Crippen molar-refractivity contribution in [2.75, 3.05) is 0 Å². The van der Waals surface area contributed by atoms with Crippen LogP contribution >= 0.6 is 15.9 Å². The minimum Gasteiger partial charge on any atom is -0.452 e. The lowest BCUT2D eigenvalue weighted by molar-refractivity contribution is 0.0975. The molecule has 1 saturated carbocycles. The summed E-state index contributed by atoms with van der Waals surface area (Å²) in [5.74, 6) is 0.464. The fourth-order valence-corrected chi connectivity index (χ4v) is 1.65. The predicted octanol–water partition coefficient (Wildman–Crippen LogP) is 2.38. The Balaban J connectivity index is 2.23.